The Morgan fingerprint density at radius 2 is 2.10 bits per heavy atom. The van der Waals surface area contributed by atoms with E-state index >= 15 is 0 Å². The van der Waals surface area contributed by atoms with Crippen molar-refractivity contribution in [2.45, 2.75) is 0 Å². The van der Waals surface area contributed by atoms with Crippen LogP contribution in [0.2, 0.25) is 5.02 Å². The second kappa shape index (κ2) is 2.58. The van der Waals surface area contributed by atoms with Crippen LogP contribution in [-0.2, 0) is 0 Å². The van der Waals surface area contributed by atoms with Crippen molar-refractivity contribution in [3.8, 4) is 0 Å². The van der Waals surface area contributed by atoms with Crippen molar-refractivity contribution >= 4 is 40.8 Å². The molecule has 0 radical (unpaired) electrons. The van der Waals surface area contributed by atoms with Crippen molar-refractivity contribution in [2.75, 3.05) is 0 Å². The van der Waals surface area contributed by atoms with E-state index in [-0.39, 0.29) is 20.4 Å². The van der Waals surface area contributed by atoms with Gasteiger partial charge in [-0.1, -0.05) is 0 Å². The van der Waals surface area contributed by atoms with E-state index in [1.54, 1.807) is 0 Å². The summed E-state index contributed by atoms with van der Waals surface area (Å²) in [6.07, 6.45) is 0. The molecule has 0 aliphatic heterocycles. The van der Waals surface area contributed by atoms with Crippen LogP contribution in [0.4, 0.5) is 0 Å². The first-order valence-corrected chi connectivity index (χ1v) is 5.88. The Morgan fingerprint density at radius 1 is 1.20 bits per heavy atom. The average Bonchev–Trinajstić information content (AvgIpc) is 2.33. The van der Waals surface area contributed by atoms with Crippen molar-refractivity contribution in [2.24, 2.45) is 0 Å². The van der Waals surface area contributed by atoms with Gasteiger partial charge in [0.05, 0.1) is 0 Å². The Kier molecular flexibility index (Phi) is 1.74. The van der Waals surface area contributed by atoms with Gasteiger partial charge in [0.1, 0.15) is 0 Å². The summed E-state index contributed by atoms with van der Waals surface area (Å²) in [4.78, 5) is 0. The SMILES string of the molecule is Clc1ccc2cc[te]c2c1. The number of rotatable bonds is 0. The molecule has 0 saturated carbocycles. The zero-order valence-electron chi connectivity index (χ0n) is 5.17. The fourth-order valence-corrected chi connectivity index (χ4v) is 3.67. The zero-order chi connectivity index (χ0) is 6.97. The van der Waals surface area contributed by atoms with E-state index in [0.29, 0.717) is 0 Å². The fourth-order valence-electron chi connectivity index (χ4n) is 0.929. The summed E-state index contributed by atoms with van der Waals surface area (Å²) in [6, 6.07) is 8.31. The number of hydrogen-bond donors (Lipinski definition) is 0. The number of hydrogen-bond acceptors (Lipinski definition) is 0. The van der Waals surface area contributed by atoms with Gasteiger partial charge in [-0.15, -0.1) is 0 Å². The molecule has 1 aromatic heterocycles. The monoisotopic (exact) mass is 266 g/mol. The van der Waals surface area contributed by atoms with Gasteiger partial charge in [-0.2, -0.15) is 0 Å². The molecule has 10 heavy (non-hydrogen) atoms. The van der Waals surface area contributed by atoms with Crippen LogP contribution in [0, 0.1) is 0 Å². The van der Waals surface area contributed by atoms with Crippen LogP contribution in [0.5, 0.6) is 0 Å². The first kappa shape index (κ1) is 6.73. The third kappa shape index (κ3) is 1.10. The second-order valence-electron chi connectivity index (χ2n) is 2.10. The minimum atomic E-state index is -0.0223. The van der Waals surface area contributed by atoms with E-state index in [1.165, 1.54) is 8.79 Å². The van der Waals surface area contributed by atoms with Gasteiger partial charge in [-0.05, 0) is 0 Å². The first-order chi connectivity index (χ1) is 4.86. The maximum atomic E-state index is 5.82. The maximum absolute atomic E-state index is 5.82. The minimum absolute atomic E-state index is 0.0223. The predicted molar refractivity (Wildman–Crippen MR) is 45.9 cm³/mol. The van der Waals surface area contributed by atoms with E-state index in [9.17, 15) is 0 Å². The van der Waals surface area contributed by atoms with Crippen molar-refractivity contribution in [3.05, 3.63) is 33.4 Å². The van der Waals surface area contributed by atoms with Gasteiger partial charge < -0.3 is 0 Å². The summed E-state index contributed by atoms with van der Waals surface area (Å²) in [6.45, 7) is 0. The van der Waals surface area contributed by atoms with E-state index < -0.39 is 0 Å². The first-order valence-electron chi connectivity index (χ1n) is 2.99. The van der Waals surface area contributed by atoms with Crippen LogP contribution in [-0.4, -0.2) is 20.4 Å². The summed E-state index contributed by atoms with van der Waals surface area (Å²) in [5.41, 5.74) is 0. The Bertz CT molecular complexity index is 351. The molecule has 0 aliphatic rings. The molecule has 0 aliphatic carbocycles. The van der Waals surface area contributed by atoms with Crippen molar-refractivity contribution in [1.29, 1.82) is 0 Å². The van der Waals surface area contributed by atoms with Gasteiger partial charge in [0, 0.05) is 0 Å². The van der Waals surface area contributed by atoms with E-state index in [2.05, 4.69) is 22.3 Å². The van der Waals surface area contributed by atoms with E-state index in [1.807, 2.05) is 6.07 Å². The molecule has 0 bridgehead atoms. The quantitative estimate of drug-likeness (QED) is 0.641. The Balaban J connectivity index is 2.86. The number of benzene rings is 1. The summed E-state index contributed by atoms with van der Waals surface area (Å²) >= 11 is 5.79. The molecule has 0 N–H and O–H groups in total. The molecule has 0 fully saturated rings. The molecule has 1 heterocycles. The van der Waals surface area contributed by atoms with Crippen LogP contribution in [0.1, 0.15) is 0 Å². The Labute approximate surface area is 74.0 Å². The standard InChI is InChI=1S/C8H5ClTe/c9-7-2-1-6-3-4-10-8(6)5-7/h1-5H. The van der Waals surface area contributed by atoms with Crippen LogP contribution in [0.15, 0.2) is 28.3 Å². The molecule has 0 spiro atoms. The summed E-state index contributed by atoms with van der Waals surface area (Å²) in [7, 11) is 0. The van der Waals surface area contributed by atoms with Crippen molar-refractivity contribution in [3.63, 3.8) is 0 Å². The number of halogens is 1. The Hall–Kier alpha value is 0.0396. The summed E-state index contributed by atoms with van der Waals surface area (Å²) in [5.74, 6) is 0. The summed E-state index contributed by atoms with van der Waals surface area (Å²) in [5, 5.41) is 2.24. The molecule has 2 aromatic rings. The van der Waals surface area contributed by atoms with Gasteiger partial charge in [0.2, 0.25) is 0 Å². The second-order valence-corrected chi connectivity index (χ2v) is 5.24. The topological polar surface area (TPSA) is 0 Å². The zero-order valence-corrected chi connectivity index (χ0v) is 8.26. The number of fused-ring (bicyclic) bond motifs is 1. The van der Waals surface area contributed by atoms with Crippen LogP contribution in [0.25, 0.3) is 8.79 Å². The van der Waals surface area contributed by atoms with Crippen LogP contribution in [0.3, 0.4) is 0 Å². The van der Waals surface area contributed by atoms with Crippen molar-refractivity contribution < 1.29 is 0 Å². The summed E-state index contributed by atoms with van der Waals surface area (Å²) < 4.78 is 3.75. The molecule has 0 unspecified atom stereocenters. The molecule has 1 aromatic carbocycles. The molecule has 2 rings (SSSR count). The molecule has 0 saturated heterocycles. The normalized spacial score (nSPS) is 10.5. The molecular formula is C8H5ClTe. The van der Waals surface area contributed by atoms with Gasteiger partial charge in [0.25, 0.3) is 0 Å². The van der Waals surface area contributed by atoms with E-state index in [4.69, 9.17) is 11.6 Å². The third-order valence-corrected chi connectivity index (χ3v) is 4.16. The molecule has 0 amide bonds. The molecular weight excluding hydrogens is 259 g/mol. The van der Waals surface area contributed by atoms with Crippen molar-refractivity contribution in [1.82, 2.24) is 0 Å². The molecule has 0 nitrogen and oxygen atoms in total. The van der Waals surface area contributed by atoms with Gasteiger partial charge in [-0.25, -0.2) is 0 Å². The van der Waals surface area contributed by atoms with Gasteiger partial charge in [-0.3, -0.25) is 0 Å². The van der Waals surface area contributed by atoms with Crippen LogP contribution < -0.4 is 0 Å². The van der Waals surface area contributed by atoms with E-state index in [0.717, 1.165) is 5.02 Å². The van der Waals surface area contributed by atoms with Gasteiger partial charge >= 0.3 is 74.2 Å². The average molecular weight is 264 g/mol. The Morgan fingerprint density at radius 3 is 3.00 bits per heavy atom. The van der Waals surface area contributed by atoms with Crippen LogP contribution >= 0.6 is 11.6 Å². The third-order valence-electron chi connectivity index (χ3n) is 1.42. The fraction of sp³-hybridized carbons (Fsp3) is 0. The molecule has 0 atom stereocenters. The van der Waals surface area contributed by atoms with Gasteiger partial charge in [0.15, 0.2) is 0 Å². The molecule has 50 valence electrons. The molecule has 2 heteroatoms. The predicted octanol–water partition coefficient (Wildman–Crippen LogP) is 2.55.